The maximum atomic E-state index is 13.2. The number of methoxy groups -OCH3 is 1. The van der Waals surface area contributed by atoms with Gasteiger partial charge in [0.1, 0.15) is 0 Å². The second-order valence-corrected chi connectivity index (χ2v) is 8.08. The van der Waals surface area contributed by atoms with Gasteiger partial charge in [0.25, 0.3) is 11.7 Å². The first-order valence-corrected chi connectivity index (χ1v) is 10.5. The second kappa shape index (κ2) is 9.02. The number of nitrogens with zero attached hydrogens (tertiary/aromatic N) is 2. The highest BCUT2D eigenvalue weighted by Crippen LogP contribution is 2.30. The van der Waals surface area contributed by atoms with Crippen molar-refractivity contribution >= 4 is 51.5 Å². The third-order valence-electron chi connectivity index (χ3n) is 5.17. The first-order chi connectivity index (χ1) is 15.4. The molecule has 0 aliphatic heterocycles. The largest absolute Gasteiger partial charge is 0.481 e. The average molecular weight is 468 g/mol. The molecule has 4 aromatic rings. The van der Waals surface area contributed by atoms with Crippen LogP contribution in [0, 0.1) is 6.92 Å². The van der Waals surface area contributed by atoms with E-state index in [2.05, 4.69) is 10.3 Å². The summed E-state index contributed by atoms with van der Waals surface area (Å²) in [5.41, 5.74) is 3.22. The maximum absolute atomic E-state index is 13.2. The molecule has 0 bridgehead atoms. The van der Waals surface area contributed by atoms with Crippen molar-refractivity contribution < 1.29 is 14.3 Å². The monoisotopic (exact) mass is 467 g/mol. The van der Waals surface area contributed by atoms with Crippen LogP contribution in [0.1, 0.15) is 21.6 Å². The molecule has 1 N–H and O–H groups in total. The van der Waals surface area contributed by atoms with Gasteiger partial charge in [-0.15, -0.1) is 0 Å². The number of fused-ring (bicyclic) bond motifs is 1. The van der Waals surface area contributed by atoms with E-state index in [-0.39, 0.29) is 0 Å². The molecular weight excluding hydrogens is 449 g/mol. The molecule has 6 nitrogen and oxygen atoms in total. The summed E-state index contributed by atoms with van der Waals surface area (Å²) >= 11 is 12.2. The molecular formula is C24H19Cl2N3O3. The van der Waals surface area contributed by atoms with Crippen LogP contribution in [0.5, 0.6) is 5.88 Å². The van der Waals surface area contributed by atoms with Crippen LogP contribution in [0.25, 0.3) is 10.9 Å². The Balaban J connectivity index is 1.73. The molecule has 4 rings (SSSR count). The van der Waals surface area contributed by atoms with Gasteiger partial charge in [0.05, 0.1) is 12.7 Å². The molecule has 2 heterocycles. The molecule has 8 heteroatoms. The molecule has 0 saturated carbocycles. The average Bonchev–Trinajstić information content (AvgIpc) is 3.05. The number of ketones is 1. The highest BCUT2D eigenvalue weighted by Gasteiger charge is 2.25. The Hall–Kier alpha value is -3.35. The number of carbonyl (C=O) groups excluding carboxylic acids is 2. The topological polar surface area (TPSA) is 73.2 Å². The standard InChI is InChI=1S/C24H19Cl2N3O3/c1-14-22(23(30)24(31)28-18-9-10-27-21(12-18)32-2)19-11-17(26)7-8-20(19)29(14)13-15-3-5-16(25)6-4-15/h3-12H,13H2,1-2H3,(H,27,28,31). The third-order valence-corrected chi connectivity index (χ3v) is 5.66. The summed E-state index contributed by atoms with van der Waals surface area (Å²) in [4.78, 5) is 30.0. The van der Waals surface area contributed by atoms with Gasteiger partial charge < -0.3 is 14.6 Å². The number of amides is 1. The molecule has 1 amide bonds. The zero-order chi connectivity index (χ0) is 22.8. The van der Waals surface area contributed by atoms with E-state index in [4.69, 9.17) is 27.9 Å². The van der Waals surface area contributed by atoms with Crippen LogP contribution in [0.4, 0.5) is 5.69 Å². The Kier molecular flexibility index (Phi) is 6.17. The zero-order valence-corrected chi connectivity index (χ0v) is 18.9. The predicted molar refractivity (Wildman–Crippen MR) is 126 cm³/mol. The van der Waals surface area contributed by atoms with E-state index in [0.717, 1.165) is 11.1 Å². The molecule has 0 aliphatic rings. The van der Waals surface area contributed by atoms with Gasteiger partial charge in [-0.25, -0.2) is 4.98 Å². The van der Waals surface area contributed by atoms with Crippen LogP contribution < -0.4 is 10.1 Å². The summed E-state index contributed by atoms with van der Waals surface area (Å²) < 4.78 is 7.06. The van der Waals surface area contributed by atoms with Crippen LogP contribution in [0.3, 0.4) is 0 Å². The van der Waals surface area contributed by atoms with Crippen molar-refractivity contribution in [1.82, 2.24) is 9.55 Å². The van der Waals surface area contributed by atoms with Crippen molar-refractivity contribution in [3.8, 4) is 5.88 Å². The number of carbonyl (C=O) groups is 2. The number of halogens is 2. The number of ether oxygens (including phenoxy) is 1. The van der Waals surface area contributed by atoms with Crippen molar-refractivity contribution in [2.75, 3.05) is 12.4 Å². The molecule has 0 atom stereocenters. The maximum Gasteiger partial charge on any atom is 0.296 e. The highest BCUT2D eigenvalue weighted by molar-refractivity contribution is 6.49. The lowest BCUT2D eigenvalue weighted by Crippen LogP contribution is -2.23. The molecule has 0 radical (unpaired) electrons. The van der Waals surface area contributed by atoms with Crippen LogP contribution in [-0.4, -0.2) is 28.4 Å². The van der Waals surface area contributed by atoms with E-state index in [0.29, 0.717) is 44.8 Å². The minimum absolute atomic E-state index is 0.315. The number of anilines is 1. The molecule has 2 aromatic heterocycles. The Morgan fingerprint density at radius 1 is 1.03 bits per heavy atom. The number of pyridine rings is 1. The summed E-state index contributed by atoms with van der Waals surface area (Å²) in [5.74, 6) is -1.08. The first-order valence-electron chi connectivity index (χ1n) is 9.76. The van der Waals surface area contributed by atoms with Crippen molar-refractivity contribution in [2.24, 2.45) is 0 Å². The number of hydrogen-bond donors (Lipinski definition) is 1. The van der Waals surface area contributed by atoms with E-state index < -0.39 is 11.7 Å². The first kappa shape index (κ1) is 21.9. The van der Waals surface area contributed by atoms with Crippen molar-refractivity contribution in [3.05, 3.63) is 87.7 Å². The summed E-state index contributed by atoms with van der Waals surface area (Å²) in [6, 6.07) is 15.9. The molecule has 162 valence electrons. The Labute approximate surface area is 194 Å². The number of nitrogens with one attached hydrogen (secondary N) is 1. The molecule has 0 fully saturated rings. The van der Waals surface area contributed by atoms with E-state index in [1.807, 2.05) is 41.8 Å². The number of benzene rings is 2. The summed E-state index contributed by atoms with van der Waals surface area (Å²) in [6.07, 6.45) is 1.49. The fourth-order valence-electron chi connectivity index (χ4n) is 3.62. The molecule has 0 unspecified atom stereocenters. The fourth-order valence-corrected chi connectivity index (χ4v) is 3.92. The van der Waals surface area contributed by atoms with Crippen LogP contribution >= 0.6 is 23.2 Å². The number of aromatic nitrogens is 2. The normalized spacial score (nSPS) is 10.9. The lowest BCUT2D eigenvalue weighted by molar-refractivity contribution is -0.112. The second-order valence-electron chi connectivity index (χ2n) is 7.20. The predicted octanol–water partition coefficient (Wildman–Crippen LogP) is 5.53. The number of Topliss-reactive ketones (excluding diaryl/α,β-unsaturated/α-hetero) is 1. The van der Waals surface area contributed by atoms with E-state index >= 15 is 0 Å². The van der Waals surface area contributed by atoms with Crippen LogP contribution in [-0.2, 0) is 11.3 Å². The van der Waals surface area contributed by atoms with Crippen molar-refractivity contribution in [1.29, 1.82) is 0 Å². The van der Waals surface area contributed by atoms with Gasteiger partial charge in [-0.1, -0.05) is 35.3 Å². The Bertz CT molecular complexity index is 1330. The van der Waals surface area contributed by atoms with Gasteiger partial charge in [-0.3, -0.25) is 9.59 Å². The van der Waals surface area contributed by atoms with Gasteiger partial charge >= 0.3 is 0 Å². The fraction of sp³-hybridized carbons (Fsp3) is 0.125. The van der Waals surface area contributed by atoms with Crippen molar-refractivity contribution in [2.45, 2.75) is 13.5 Å². The Morgan fingerprint density at radius 2 is 1.75 bits per heavy atom. The molecule has 2 aromatic carbocycles. The van der Waals surface area contributed by atoms with E-state index in [1.165, 1.54) is 13.3 Å². The minimum Gasteiger partial charge on any atom is -0.481 e. The highest BCUT2D eigenvalue weighted by atomic mass is 35.5. The van der Waals surface area contributed by atoms with E-state index in [1.54, 1.807) is 24.3 Å². The van der Waals surface area contributed by atoms with Gasteiger partial charge in [0, 0.05) is 51.1 Å². The number of hydrogen-bond acceptors (Lipinski definition) is 4. The third kappa shape index (κ3) is 4.33. The van der Waals surface area contributed by atoms with Gasteiger partial charge in [0.2, 0.25) is 5.88 Å². The van der Waals surface area contributed by atoms with E-state index in [9.17, 15) is 9.59 Å². The lowest BCUT2D eigenvalue weighted by Gasteiger charge is -2.09. The van der Waals surface area contributed by atoms with Gasteiger partial charge in [-0.2, -0.15) is 0 Å². The molecule has 32 heavy (non-hydrogen) atoms. The summed E-state index contributed by atoms with van der Waals surface area (Å²) in [6.45, 7) is 2.33. The summed E-state index contributed by atoms with van der Waals surface area (Å²) in [7, 11) is 1.47. The summed E-state index contributed by atoms with van der Waals surface area (Å²) in [5, 5.41) is 4.37. The van der Waals surface area contributed by atoms with Gasteiger partial charge in [-0.05, 0) is 48.9 Å². The molecule has 0 saturated heterocycles. The van der Waals surface area contributed by atoms with Gasteiger partial charge in [0.15, 0.2) is 0 Å². The quantitative estimate of drug-likeness (QED) is 0.298. The van der Waals surface area contributed by atoms with Crippen molar-refractivity contribution in [3.63, 3.8) is 0 Å². The SMILES string of the molecule is COc1cc(NC(=O)C(=O)c2c(C)n(Cc3ccc(Cl)cc3)c3ccc(Cl)cc23)ccn1. The Morgan fingerprint density at radius 3 is 2.47 bits per heavy atom. The molecule has 0 aliphatic carbocycles. The van der Waals surface area contributed by atoms with Crippen LogP contribution in [0.15, 0.2) is 60.8 Å². The minimum atomic E-state index is -0.758. The number of rotatable bonds is 6. The van der Waals surface area contributed by atoms with Crippen LogP contribution in [0.2, 0.25) is 10.0 Å². The lowest BCUT2D eigenvalue weighted by atomic mass is 10.1. The zero-order valence-electron chi connectivity index (χ0n) is 17.4. The molecule has 0 spiro atoms. The smallest absolute Gasteiger partial charge is 0.296 e.